The molecule has 2 heterocycles. The fraction of sp³-hybridized carbons (Fsp3) is 0.240. The second-order valence-electron chi connectivity index (χ2n) is 8.02. The normalized spacial score (nSPS) is 11.3. The number of nitrogens with zero attached hydrogens (tertiary/aromatic N) is 2. The minimum Gasteiger partial charge on any atom is -0.325 e. The number of aromatic nitrogens is 2. The predicted octanol–water partition coefficient (Wildman–Crippen LogP) is 5.92. The van der Waals surface area contributed by atoms with Crippen LogP contribution in [0.4, 0.5) is 5.69 Å². The van der Waals surface area contributed by atoms with Crippen LogP contribution in [0.2, 0.25) is 0 Å². The van der Waals surface area contributed by atoms with E-state index in [0.29, 0.717) is 21.3 Å². The van der Waals surface area contributed by atoms with Crippen LogP contribution < -0.4 is 10.9 Å². The zero-order chi connectivity index (χ0) is 22.8. The number of carbonyl (C=O) groups is 1. The largest absolute Gasteiger partial charge is 0.325 e. The van der Waals surface area contributed by atoms with Gasteiger partial charge in [-0.15, -0.1) is 11.3 Å². The van der Waals surface area contributed by atoms with Gasteiger partial charge in [0.25, 0.3) is 5.56 Å². The van der Waals surface area contributed by atoms with Crippen LogP contribution in [-0.2, 0) is 4.79 Å². The van der Waals surface area contributed by atoms with Gasteiger partial charge in [0.1, 0.15) is 4.70 Å². The number of anilines is 1. The summed E-state index contributed by atoms with van der Waals surface area (Å²) in [5, 5.41) is 5.39. The first-order valence-electron chi connectivity index (χ1n) is 10.4. The Hall–Kier alpha value is -2.90. The third-order valence-corrected chi connectivity index (χ3v) is 7.22. The number of fused-ring (bicyclic) bond motifs is 1. The first kappa shape index (κ1) is 22.3. The fourth-order valence-electron chi connectivity index (χ4n) is 3.51. The Bertz CT molecular complexity index is 1360. The molecule has 5 nitrogen and oxygen atoms in total. The molecule has 32 heavy (non-hydrogen) atoms. The van der Waals surface area contributed by atoms with Gasteiger partial charge in [-0.2, -0.15) is 0 Å². The van der Waals surface area contributed by atoms with Crippen LogP contribution in [0.25, 0.3) is 15.9 Å². The van der Waals surface area contributed by atoms with Crippen LogP contribution in [-0.4, -0.2) is 21.2 Å². The number of carbonyl (C=O) groups excluding carboxylic acids is 1. The number of amides is 1. The Morgan fingerprint density at radius 1 is 1.12 bits per heavy atom. The molecule has 0 unspecified atom stereocenters. The number of thioether (sulfide) groups is 1. The lowest BCUT2D eigenvalue weighted by atomic mass is 10.0. The molecular weight excluding hydrogens is 438 g/mol. The Balaban J connectivity index is 1.65. The highest BCUT2D eigenvalue weighted by molar-refractivity contribution is 7.99. The number of benzene rings is 2. The van der Waals surface area contributed by atoms with Gasteiger partial charge in [0.2, 0.25) is 5.91 Å². The van der Waals surface area contributed by atoms with E-state index in [4.69, 9.17) is 4.98 Å². The van der Waals surface area contributed by atoms with Crippen LogP contribution in [0, 0.1) is 13.8 Å². The average Bonchev–Trinajstić information content (AvgIpc) is 3.24. The van der Waals surface area contributed by atoms with Gasteiger partial charge in [0, 0.05) is 5.69 Å². The Labute approximate surface area is 195 Å². The van der Waals surface area contributed by atoms with E-state index in [9.17, 15) is 9.59 Å². The molecule has 4 rings (SSSR count). The van der Waals surface area contributed by atoms with Gasteiger partial charge in [0.15, 0.2) is 5.16 Å². The summed E-state index contributed by atoms with van der Waals surface area (Å²) in [6, 6.07) is 15.6. The average molecular weight is 464 g/mol. The highest BCUT2D eigenvalue weighted by Gasteiger charge is 2.17. The quantitative estimate of drug-likeness (QED) is 0.285. The first-order valence-corrected chi connectivity index (χ1v) is 12.3. The fourth-order valence-corrected chi connectivity index (χ4v) is 5.08. The van der Waals surface area contributed by atoms with E-state index < -0.39 is 0 Å². The van der Waals surface area contributed by atoms with E-state index in [1.807, 2.05) is 67.8 Å². The maximum absolute atomic E-state index is 13.3. The summed E-state index contributed by atoms with van der Waals surface area (Å²) in [5.41, 5.74) is 5.48. The molecule has 0 radical (unpaired) electrons. The zero-order valence-electron chi connectivity index (χ0n) is 18.5. The molecule has 2 aromatic heterocycles. The zero-order valence-corrected chi connectivity index (χ0v) is 20.1. The van der Waals surface area contributed by atoms with Gasteiger partial charge >= 0.3 is 0 Å². The van der Waals surface area contributed by atoms with E-state index >= 15 is 0 Å². The SMILES string of the molecule is Cc1ccc(-n2c(SCC(=O)Nc3ccccc3C(C)C)nc3ccsc3c2=O)cc1C. The molecule has 0 aliphatic carbocycles. The van der Waals surface area contributed by atoms with Crippen LogP contribution in [0.1, 0.15) is 36.5 Å². The lowest BCUT2D eigenvalue weighted by molar-refractivity contribution is -0.113. The molecule has 0 aliphatic rings. The van der Waals surface area contributed by atoms with E-state index in [1.54, 1.807) is 4.57 Å². The molecule has 0 bridgehead atoms. The second kappa shape index (κ2) is 9.30. The van der Waals surface area contributed by atoms with Crippen molar-refractivity contribution < 1.29 is 4.79 Å². The summed E-state index contributed by atoms with van der Waals surface area (Å²) in [5.74, 6) is 0.325. The van der Waals surface area contributed by atoms with E-state index in [0.717, 1.165) is 28.1 Å². The van der Waals surface area contributed by atoms with Crippen molar-refractivity contribution in [2.45, 2.75) is 38.8 Å². The number of hydrogen-bond donors (Lipinski definition) is 1. The number of hydrogen-bond acceptors (Lipinski definition) is 5. The molecule has 0 fully saturated rings. The highest BCUT2D eigenvalue weighted by atomic mass is 32.2. The van der Waals surface area contributed by atoms with Crippen LogP contribution >= 0.6 is 23.1 Å². The molecule has 0 spiro atoms. The first-order chi connectivity index (χ1) is 15.3. The van der Waals surface area contributed by atoms with Crippen molar-refractivity contribution in [3.05, 3.63) is 81.0 Å². The molecule has 0 aliphatic heterocycles. The molecular formula is C25H25N3O2S2. The Kier molecular flexibility index (Phi) is 6.48. The van der Waals surface area contributed by atoms with Gasteiger partial charge in [0.05, 0.1) is 17.0 Å². The summed E-state index contributed by atoms with van der Waals surface area (Å²) in [7, 11) is 0. The van der Waals surface area contributed by atoms with Crippen LogP contribution in [0.5, 0.6) is 0 Å². The molecule has 0 saturated heterocycles. The minimum atomic E-state index is -0.130. The van der Waals surface area contributed by atoms with Gasteiger partial charge in [-0.3, -0.25) is 14.2 Å². The second-order valence-corrected chi connectivity index (χ2v) is 9.88. The summed E-state index contributed by atoms with van der Waals surface area (Å²) >= 11 is 2.66. The molecule has 1 amide bonds. The Morgan fingerprint density at radius 3 is 2.66 bits per heavy atom. The molecule has 4 aromatic rings. The van der Waals surface area contributed by atoms with Gasteiger partial charge in [-0.05, 0) is 66.1 Å². The molecule has 164 valence electrons. The minimum absolute atomic E-state index is 0.110. The monoisotopic (exact) mass is 463 g/mol. The van der Waals surface area contributed by atoms with Crippen molar-refractivity contribution in [3.63, 3.8) is 0 Å². The Morgan fingerprint density at radius 2 is 1.91 bits per heavy atom. The summed E-state index contributed by atoms with van der Waals surface area (Å²) < 4.78 is 2.23. The predicted molar refractivity (Wildman–Crippen MR) is 135 cm³/mol. The summed E-state index contributed by atoms with van der Waals surface area (Å²) in [6.07, 6.45) is 0. The number of para-hydroxylation sites is 1. The van der Waals surface area contributed by atoms with Crippen molar-refractivity contribution in [1.29, 1.82) is 0 Å². The number of thiophene rings is 1. The smallest absolute Gasteiger partial charge is 0.276 e. The van der Waals surface area contributed by atoms with E-state index in [-0.39, 0.29) is 17.2 Å². The lowest BCUT2D eigenvalue weighted by Crippen LogP contribution is -2.22. The van der Waals surface area contributed by atoms with Crippen LogP contribution in [0.15, 0.2) is 63.9 Å². The van der Waals surface area contributed by atoms with E-state index in [2.05, 4.69) is 19.2 Å². The van der Waals surface area contributed by atoms with Gasteiger partial charge in [-0.1, -0.05) is 49.9 Å². The van der Waals surface area contributed by atoms with Crippen LogP contribution in [0.3, 0.4) is 0 Å². The standard InChI is InChI=1S/C25H25N3O2S2/c1-15(2)19-7-5-6-8-20(19)26-22(29)14-32-25-27-21-11-12-31-23(21)24(30)28(25)18-10-9-16(3)17(4)13-18/h5-13,15H,14H2,1-4H3,(H,26,29). The summed E-state index contributed by atoms with van der Waals surface area (Å²) in [6.45, 7) is 8.26. The van der Waals surface area contributed by atoms with Crippen molar-refractivity contribution >= 4 is 44.9 Å². The third-order valence-electron chi connectivity index (χ3n) is 5.39. The highest BCUT2D eigenvalue weighted by Crippen LogP contribution is 2.26. The number of nitrogens with one attached hydrogen (secondary N) is 1. The topological polar surface area (TPSA) is 64.0 Å². The maximum atomic E-state index is 13.3. The molecule has 0 saturated carbocycles. The van der Waals surface area contributed by atoms with Crippen molar-refractivity contribution in [2.75, 3.05) is 11.1 Å². The van der Waals surface area contributed by atoms with E-state index in [1.165, 1.54) is 23.1 Å². The molecule has 2 aromatic carbocycles. The molecule has 1 N–H and O–H groups in total. The lowest BCUT2D eigenvalue weighted by Gasteiger charge is -2.15. The summed E-state index contributed by atoms with van der Waals surface area (Å²) in [4.78, 5) is 30.7. The van der Waals surface area contributed by atoms with Crippen molar-refractivity contribution in [1.82, 2.24) is 9.55 Å². The van der Waals surface area contributed by atoms with Crippen molar-refractivity contribution in [2.24, 2.45) is 0 Å². The van der Waals surface area contributed by atoms with Gasteiger partial charge in [-0.25, -0.2) is 4.98 Å². The number of rotatable bonds is 6. The third kappa shape index (κ3) is 4.49. The molecule has 7 heteroatoms. The number of aryl methyl sites for hydroxylation is 2. The maximum Gasteiger partial charge on any atom is 0.276 e. The van der Waals surface area contributed by atoms with Crippen molar-refractivity contribution in [3.8, 4) is 5.69 Å². The molecule has 0 atom stereocenters. The van der Waals surface area contributed by atoms with Gasteiger partial charge < -0.3 is 5.32 Å².